The van der Waals surface area contributed by atoms with E-state index in [4.69, 9.17) is 25.5 Å². The van der Waals surface area contributed by atoms with Crippen molar-refractivity contribution in [2.24, 2.45) is 0 Å². The summed E-state index contributed by atoms with van der Waals surface area (Å²) in [5, 5.41) is 1.60. The average molecular weight is 425 g/mol. The number of methoxy groups -OCH3 is 2. The van der Waals surface area contributed by atoms with Gasteiger partial charge in [-0.25, -0.2) is 5.01 Å². The van der Waals surface area contributed by atoms with Crippen LogP contribution in [0.5, 0.6) is 11.5 Å². The van der Waals surface area contributed by atoms with E-state index in [0.717, 1.165) is 0 Å². The molecule has 4 rings (SSSR count). The first-order valence-corrected chi connectivity index (χ1v) is 9.33. The first-order valence-electron chi connectivity index (χ1n) is 8.95. The SMILES string of the molecule is COc1cc(-c2ccc(C=C3C(=O)NN(c4ccccc4)C3=O)o2)c(OC)cc1Cl. The van der Waals surface area contributed by atoms with Crippen molar-refractivity contribution in [1.29, 1.82) is 0 Å². The second-order valence-corrected chi connectivity index (χ2v) is 6.77. The molecule has 3 aromatic rings. The molecule has 152 valence electrons. The van der Waals surface area contributed by atoms with Gasteiger partial charge in [0, 0.05) is 6.07 Å². The third-order valence-electron chi connectivity index (χ3n) is 4.56. The van der Waals surface area contributed by atoms with E-state index >= 15 is 0 Å². The number of rotatable bonds is 5. The van der Waals surface area contributed by atoms with Gasteiger partial charge in [0.25, 0.3) is 11.8 Å². The van der Waals surface area contributed by atoms with Crippen LogP contribution < -0.4 is 19.9 Å². The fourth-order valence-corrected chi connectivity index (χ4v) is 3.32. The summed E-state index contributed by atoms with van der Waals surface area (Å²) in [5.74, 6) is 0.808. The van der Waals surface area contributed by atoms with E-state index < -0.39 is 11.8 Å². The summed E-state index contributed by atoms with van der Waals surface area (Å²) >= 11 is 6.15. The molecule has 0 atom stereocenters. The number of benzene rings is 2. The van der Waals surface area contributed by atoms with Crippen LogP contribution in [0.15, 0.2) is 64.6 Å². The van der Waals surface area contributed by atoms with Crippen LogP contribution in [0.4, 0.5) is 5.69 Å². The molecule has 0 unspecified atom stereocenters. The quantitative estimate of drug-likeness (QED) is 0.493. The Hall–Kier alpha value is -3.71. The summed E-state index contributed by atoms with van der Waals surface area (Å²) in [6, 6.07) is 15.5. The molecule has 2 heterocycles. The molecule has 0 radical (unpaired) electrons. The summed E-state index contributed by atoms with van der Waals surface area (Å²) in [5.41, 5.74) is 3.71. The van der Waals surface area contributed by atoms with Crippen LogP contribution >= 0.6 is 11.6 Å². The second-order valence-electron chi connectivity index (χ2n) is 6.36. The Morgan fingerprint density at radius 2 is 1.73 bits per heavy atom. The van der Waals surface area contributed by atoms with Gasteiger partial charge in [0.2, 0.25) is 0 Å². The molecule has 0 saturated carbocycles. The molecule has 1 aliphatic heterocycles. The molecule has 2 amide bonds. The van der Waals surface area contributed by atoms with Crippen molar-refractivity contribution in [2.45, 2.75) is 0 Å². The van der Waals surface area contributed by atoms with E-state index in [2.05, 4.69) is 5.43 Å². The van der Waals surface area contributed by atoms with E-state index in [1.54, 1.807) is 48.5 Å². The molecule has 1 saturated heterocycles. The Labute approximate surface area is 177 Å². The topological polar surface area (TPSA) is 81.0 Å². The minimum absolute atomic E-state index is 0.0274. The summed E-state index contributed by atoms with van der Waals surface area (Å²) < 4.78 is 16.5. The van der Waals surface area contributed by atoms with Gasteiger partial charge in [-0.15, -0.1) is 0 Å². The highest BCUT2D eigenvalue weighted by Crippen LogP contribution is 2.39. The fourth-order valence-electron chi connectivity index (χ4n) is 3.09. The van der Waals surface area contributed by atoms with Crippen molar-refractivity contribution in [2.75, 3.05) is 19.2 Å². The molecule has 1 aromatic heterocycles. The number of anilines is 1. The standard InChI is InChI=1S/C22H17ClN2O5/c1-28-19-12-17(23)20(29-2)11-15(19)18-9-8-14(30-18)10-16-21(26)24-25(22(16)27)13-6-4-3-5-7-13/h3-12H,1-2H3,(H,24,26). The fraction of sp³-hybridized carbons (Fsp3) is 0.0909. The Balaban J connectivity index is 1.66. The third-order valence-corrected chi connectivity index (χ3v) is 4.85. The Morgan fingerprint density at radius 3 is 2.43 bits per heavy atom. The molecule has 1 fully saturated rings. The monoisotopic (exact) mass is 424 g/mol. The minimum Gasteiger partial charge on any atom is -0.496 e. The molecule has 0 aliphatic carbocycles. The maximum Gasteiger partial charge on any atom is 0.282 e. The van der Waals surface area contributed by atoms with Crippen LogP contribution in [0.2, 0.25) is 5.02 Å². The summed E-state index contributed by atoms with van der Waals surface area (Å²) in [4.78, 5) is 25.0. The van der Waals surface area contributed by atoms with Gasteiger partial charge in [-0.1, -0.05) is 29.8 Å². The van der Waals surface area contributed by atoms with E-state index in [1.807, 2.05) is 6.07 Å². The lowest BCUT2D eigenvalue weighted by atomic mass is 10.1. The molecule has 7 nitrogen and oxygen atoms in total. The average Bonchev–Trinajstić information content (AvgIpc) is 3.34. The molecule has 30 heavy (non-hydrogen) atoms. The zero-order valence-corrected chi connectivity index (χ0v) is 16.9. The highest BCUT2D eigenvalue weighted by atomic mass is 35.5. The van der Waals surface area contributed by atoms with Gasteiger partial charge in [-0.3, -0.25) is 15.0 Å². The number of nitrogens with zero attached hydrogens (tertiary/aromatic N) is 1. The zero-order valence-electron chi connectivity index (χ0n) is 16.1. The number of amides is 2. The van der Waals surface area contributed by atoms with Gasteiger partial charge in [0.05, 0.1) is 30.5 Å². The zero-order chi connectivity index (χ0) is 21.3. The number of ether oxygens (including phenoxy) is 2. The maximum atomic E-state index is 12.7. The number of furan rings is 1. The van der Waals surface area contributed by atoms with Crippen LogP contribution in [-0.4, -0.2) is 26.0 Å². The lowest BCUT2D eigenvalue weighted by Crippen LogP contribution is -2.35. The molecule has 0 spiro atoms. The predicted molar refractivity (Wildman–Crippen MR) is 112 cm³/mol. The van der Waals surface area contributed by atoms with Crippen molar-refractivity contribution in [3.8, 4) is 22.8 Å². The summed E-state index contributed by atoms with van der Waals surface area (Å²) in [7, 11) is 3.03. The highest BCUT2D eigenvalue weighted by molar-refractivity contribution is 6.32. The number of nitrogens with one attached hydrogen (secondary N) is 1. The summed E-state index contributed by atoms with van der Waals surface area (Å²) in [6.45, 7) is 0. The maximum absolute atomic E-state index is 12.7. The smallest absolute Gasteiger partial charge is 0.282 e. The Bertz CT molecular complexity index is 1150. The van der Waals surface area contributed by atoms with Gasteiger partial charge < -0.3 is 13.9 Å². The van der Waals surface area contributed by atoms with Gasteiger partial charge in [0.15, 0.2) is 0 Å². The Morgan fingerprint density at radius 1 is 1.00 bits per heavy atom. The van der Waals surface area contributed by atoms with Gasteiger partial charge in [0.1, 0.15) is 28.6 Å². The van der Waals surface area contributed by atoms with Gasteiger partial charge >= 0.3 is 0 Å². The van der Waals surface area contributed by atoms with Crippen molar-refractivity contribution in [1.82, 2.24) is 5.43 Å². The molecule has 1 aliphatic rings. The molecule has 0 bridgehead atoms. The van der Waals surface area contributed by atoms with Crippen molar-refractivity contribution >= 4 is 35.2 Å². The normalized spacial score (nSPS) is 14.9. The van der Waals surface area contributed by atoms with Gasteiger partial charge in [-0.05, 0) is 36.4 Å². The van der Waals surface area contributed by atoms with E-state index in [9.17, 15) is 9.59 Å². The molecule has 8 heteroatoms. The number of hydrazine groups is 1. The first kappa shape index (κ1) is 19.6. The number of carbonyl (C=O) groups excluding carboxylic acids is 2. The van der Waals surface area contributed by atoms with Gasteiger partial charge in [-0.2, -0.15) is 0 Å². The molecular weight excluding hydrogens is 408 g/mol. The minimum atomic E-state index is -0.507. The number of para-hydroxylation sites is 1. The Kier molecular flexibility index (Phi) is 5.20. The number of hydrogen-bond acceptors (Lipinski definition) is 5. The molecule has 1 N–H and O–H groups in total. The van der Waals surface area contributed by atoms with Crippen molar-refractivity contribution < 1.29 is 23.5 Å². The number of halogens is 1. The largest absolute Gasteiger partial charge is 0.496 e. The summed E-state index contributed by atoms with van der Waals surface area (Å²) in [6.07, 6.45) is 1.41. The van der Waals surface area contributed by atoms with Crippen molar-refractivity contribution in [3.63, 3.8) is 0 Å². The van der Waals surface area contributed by atoms with Crippen LogP contribution in [0, 0.1) is 0 Å². The lowest BCUT2D eigenvalue weighted by molar-refractivity contribution is -0.117. The van der Waals surface area contributed by atoms with E-state index in [-0.39, 0.29) is 5.57 Å². The number of hydrogen-bond donors (Lipinski definition) is 1. The van der Waals surface area contributed by atoms with E-state index in [1.165, 1.54) is 25.3 Å². The second kappa shape index (κ2) is 7.96. The van der Waals surface area contributed by atoms with Crippen LogP contribution in [-0.2, 0) is 9.59 Å². The predicted octanol–water partition coefficient (Wildman–Crippen LogP) is 4.08. The van der Waals surface area contributed by atoms with E-state index in [0.29, 0.717) is 39.3 Å². The lowest BCUT2D eigenvalue weighted by Gasteiger charge is -2.13. The molecule has 2 aromatic carbocycles. The first-order chi connectivity index (χ1) is 14.5. The molecular formula is C22H17ClN2O5. The van der Waals surface area contributed by atoms with Crippen LogP contribution in [0.1, 0.15) is 5.76 Å². The van der Waals surface area contributed by atoms with Crippen molar-refractivity contribution in [3.05, 3.63) is 71.0 Å². The van der Waals surface area contributed by atoms with Crippen LogP contribution in [0.25, 0.3) is 17.4 Å². The third kappa shape index (κ3) is 3.51. The number of carbonyl (C=O) groups is 2. The van der Waals surface area contributed by atoms with Crippen LogP contribution in [0.3, 0.4) is 0 Å². The highest BCUT2D eigenvalue weighted by Gasteiger charge is 2.34.